The summed E-state index contributed by atoms with van der Waals surface area (Å²) in [5.74, 6) is 1.27. The van der Waals surface area contributed by atoms with Crippen LogP contribution in [-0.2, 0) is 4.74 Å². The first-order valence-corrected chi connectivity index (χ1v) is 24.3. The van der Waals surface area contributed by atoms with Gasteiger partial charge in [-0.05, 0) is 127 Å². The fourth-order valence-corrected chi connectivity index (χ4v) is 6.89. The first-order valence-electron chi connectivity index (χ1n) is 24.3. The van der Waals surface area contributed by atoms with E-state index in [9.17, 15) is 14.4 Å². The van der Waals surface area contributed by atoms with Crippen molar-refractivity contribution in [2.75, 3.05) is 98.1 Å². The SMILES string of the molecule is CCCCNc1ccc(C(=O)OCCN(C)C)cc1.CCCCOc1cc(C(=O)NCCN(CC)CC)c2ccccc2n1.CCCCOc1ccc(C(=O)CCN2CCCCC2)cc1. The molecule has 12 heteroatoms. The molecule has 2 N–H and O–H groups in total. The first kappa shape index (κ1) is 54.3. The average Bonchev–Trinajstić information content (AvgIpc) is 3.33. The topological polar surface area (TPSA) is 126 Å². The lowest BCUT2D eigenvalue weighted by molar-refractivity contribution is 0.0481. The zero-order chi connectivity index (χ0) is 47.1. The Kier molecular flexibility index (Phi) is 27.2. The number of hydrogen-bond donors (Lipinski definition) is 2. The molecule has 1 saturated heterocycles. The summed E-state index contributed by atoms with van der Waals surface area (Å²) in [6.07, 6.45) is 11.1. The van der Waals surface area contributed by atoms with Crippen LogP contribution in [0.3, 0.4) is 0 Å². The third-order valence-electron chi connectivity index (χ3n) is 11.1. The number of rotatable bonds is 26. The second kappa shape index (κ2) is 32.6. The number of ketones is 1. The van der Waals surface area contributed by atoms with Crippen molar-refractivity contribution in [3.63, 3.8) is 0 Å². The van der Waals surface area contributed by atoms with Crippen LogP contribution in [0.4, 0.5) is 5.69 Å². The highest BCUT2D eigenvalue weighted by Gasteiger charge is 2.15. The molecule has 358 valence electrons. The van der Waals surface area contributed by atoms with Crippen LogP contribution in [0.1, 0.15) is 130 Å². The van der Waals surface area contributed by atoms with Crippen molar-refractivity contribution in [3.8, 4) is 11.6 Å². The maximum absolute atomic E-state index is 12.7. The predicted octanol–water partition coefficient (Wildman–Crippen LogP) is 10.0. The molecule has 3 aromatic carbocycles. The van der Waals surface area contributed by atoms with E-state index in [2.05, 4.69) is 60.0 Å². The van der Waals surface area contributed by atoms with Gasteiger partial charge in [-0.25, -0.2) is 9.78 Å². The number of likely N-dealkylation sites (N-methyl/N-ethyl adjacent to an activating group) is 2. The van der Waals surface area contributed by atoms with Crippen LogP contribution in [0, 0.1) is 0 Å². The highest BCUT2D eigenvalue weighted by molar-refractivity contribution is 6.06. The van der Waals surface area contributed by atoms with Crippen LogP contribution >= 0.6 is 0 Å². The van der Waals surface area contributed by atoms with Crippen molar-refractivity contribution in [1.29, 1.82) is 0 Å². The molecule has 1 aliphatic heterocycles. The van der Waals surface area contributed by atoms with Crippen LogP contribution in [0.15, 0.2) is 78.9 Å². The molecule has 1 aromatic heterocycles. The molecule has 0 atom stereocenters. The summed E-state index contributed by atoms with van der Waals surface area (Å²) in [4.78, 5) is 47.8. The molecule has 0 spiro atoms. The molecule has 0 aliphatic carbocycles. The molecular weight excluding hydrogens is 817 g/mol. The second-order valence-electron chi connectivity index (χ2n) is 16.6. The fourth-order valence-electron chi connectivity index (χ4n) is 6.89. The Balaban J connectivity index is 0.000000262. The number of benzene rings is 3. The van der Waals surface area contributed by atoms with Crippen LogP contribution < -0.4 is 20.1 Å². The van der Waals surface area contributed by atoms with Crippen LogP contribution in [-0.4, -0.2) is 130 Å². The zero-order valence-corrected chi connectivity index (χ0v) is 40.8. The molecule has 1 amide bonds. The Morgan fingerprint density at radius 3 is 2.00 bits per heavy atom. The van der Waals surface area contributed by atoms with Gasteiger partial charge in [0.1, 0.15) is 12.4 Å². The summed E-state index contributed by atoms with van der Waals surface area (Å²) >= 11 is 0. The highest BCUT2D eigenvalue weighted by Crippen LogP contribution is 2.22. The number of amides is 1. The standard InChI is InChI=1S/C20H29N3O2.C18H27NO2.C15H24N2O2/c1-4-7-14-25-19-15-17(16-10-8-9-11-18(16)22-19)20(24)21-12-13-23(5-2)6-3;1-2-3-15-21-17-9-7-16(8-10-17)18(20)11-14-19-12-5-4-6-13-19;1-4-5-10-16-14-8-6-13(7-9-14)15(18)19-12-11-17(2)3/h8-11,15H,4-7,12-14H2,1-3H3,(H,21,24);7-10H,2-6,11-15H2,1H3;6-9,16H,4-5,10-12H2,1-3H3. The van der Waals surface area contributed by atoms with E-state index in [1.54, 1.807) is 18.2 Å². The molecule has 0 saturated carbocycles. The van der Waals surface area contributed by atoms with Crippen LogP contribution in [0.2, 0.25) is 0 Å². The molecule has 5 rings (SSSR count). The summed E-state index contributed by atoms with van der Waals surface area (Å²) < 4.78 is 16.5. The third-order valence-corrected chi connectivity index (χ3v) is 11.1. The van der Waals surface area contributed by atoms with Gasteiger partial charge in [-0.2, -0.15) is 0 Å². The van der Waals surface area contributed by atoms with E-state index in [1.165, 1.54) is 25.7 Å². The lowest BCUT2D eigenvalue weighted by atomic mass is 10.1. The number of carbonyl (C=O) groups excluding carboxylic acids is 3. The number of fused-ring (bicyclic) bond motifs is 1. The number of unbranched alkanes of at least 4 members (excludes halogenated alkanes) is 3. The number of anilines is 1. The van der Waals surface area contributed by atoms with Crippen molar-refractivity contribution >= 4 is 34.3 Å². The number of hydrogen-bond acceptors (Lipinski definition) is 11. The number of esters is 1. The Hall–Kier alpha value is -5.04. The van der Waals surface area contributed by atoms with Crippen molar-refractivity contribution < 1.29 is 28.6 Å². The Morgan fingerprint density at radius 1 is 0.708 bits per heavy atom. The zero-order valence-electron chi connectivity index (χ0n) is 40.8. The summed E-state index contributed by atoms with van der Waals surface area (Å²) in [6, 6.07) is 24.5. The minimum absolute atomic E-state index is 0.0777. The normalized spacial score (nSPS) is 12.4. The van der Waals surface area contributed by atoms with Gasteiger partial charge in [0.2, 0.25) is 5.88 Å². The van der Waals surface area contributed by atoms with Gasteiger partial charge < -0.3 is 39.5 Å². The van der Waals surface area contributed by atoms with Gasteiger partial charge in [0.15, 0.2) is 5.78 Å². The van der Waals surface area contributed by atoms with Crippen molar-refractivity contribution in [2.24, 2.45) is 0 Å². The number of nitrogens with one attached hydrogen (secondary N) is 2. The largest absolute Gasteiger partial charge is 0.494 e. The van der Waals surface area contributed by atoms with Gasteiger partial charge >= 0.3 is 5.97 Å². The van der Waals surface area contributed by atoms with Gasteiger partial charge in [0.05, 0.1) is 29.9 Å². The van der Waals surface area contributed by atoms with E-state index < -0.39 is 0 Å². The number of nitrogens with zero attached hydrogens (tertiary/aromatic N) is 4. The minimum atomic E-state index is -0.262. The van der Waals surface area contributed by atoms with E-state index in [0.29, 0.717) is 43.2 Å². The molecule has 12 nitrogen and oxygen atoms in total. The highest BCUT2D eigenvalue weighted by atomic mass is 16.5. The van der Waals surface area contributed by atoms with Gasteiger partial charge in [-0.1, -0.05) is 78.5 Å². The number of piperidine rings is 1. The minimum Gasteiger partial charge on any atom is -0.494 e. The number of para-hydroxylation sites is 1. The maximum Gasteiger partial charge on any atom is 0.338 e. The van der Waals surface area contributed by atoms with E-state index >= 15 is 0 Å². The molecular formula is C53H80N6O6. The summed E-state index contributed by atoms with van der Waals surface area (Å²) in [6.45, 7) is 20.8. The van der Waals surface area contributed by atoms with Gasteiger partial charge in [-0.3, -0.25) is 9.59 Å². The van der Waals surface area contributed by atoms with Gasteiger partial charge in [0.25, 0.3) is 5.91 Å². The number of ether oxygens (including phenoxy) is 3. The molecule has 0 radical (unpaired) electrons. The quantitative estimate of drug-likeness (QED) is 0.0356. The number of likely N-dealkylation sites (tertiary alicyclic amines) is 1. The molecule has 2 heterocycles. The first-order chi connectivity index (χ1) is 31.6. The summed E-state index contributed by atoms with van der Waals surface area (Å²) in [7, 11) is 3.90. The van der Waals surface area contributed by atoms with E-state index in [1.807, 2.05) is 79.7 Å². The average molecular weight is 897 g/mol. The van der Waals surface area contributed by atoms with Crippen molar-refractivity contribution in [1.82, 2.24) is 25.0 Å². The molecule has 1 fully saturated rings. The second-order valence-corrected chi connectivity index (χ2v) is 16.6. The van der Waals surface area contributed by atoms with Gasteiger partial charge in [0, 0.05) is 61.8 Å². The van der Waals surface area contributed by atoms with Gasteiger partial charge in [-0.15, -0.1) is 0 Å². The number of aromatic nitrogens is 1. The number of pyridine rings is 1. The lowest BCUT2D eigenvalue weighted by Crippen LogP contribution is -2.34. The Morgan fingerprint density at radius 2 is 1.35 bits per heavy atom. The van der Waals surface area contributed by atoms with E-state index in [0.717, 1.165) is 119 Å². The number of carbonyl (C=O) groups is 3. The molecule has 1 aliphatic rings. The van der Waals surface area contributed by atoms with Crippen molar-refractivity contribution in [2.45, 2.75) is 98.8 Å². The molecule has 65 heavy (non-hydrogen) atoms. The number of Topliss-reactive ketones (excluding diaryl/α,β-unsaturated/α-hetero) is 1. The fraction of sp³-hybridized carbons (Fsp3) is 0.547. The maximum atomic E-state index is 12.7. The van der Waals surface area contributed by atoms with E-state index in [4.69, 9.17) is 14.2 Å². The predicted molar refractivity (Wildman–Crippen MR) is 267 cm³/mol. The molecule has 0 unspecified atom stereocenters. The van der Waals surface area contributed by atoms with Crippen LogP contribution in [0.25, 0.3) is 10.9 Å². The van der Waals surface area contributed by atoms with Crippen LogP contribution in [0.5, 0.6) is 11.6 Å². The Bertz CT molecular complexity index is 1910. The van der Waals surface area contributed by atoms with E-state index in [-0.39, 0.29) is 17.7 Å². The summed E-state index contributed by atoms with van der Waals surface area (Å²) in [5.41, 5.74) is 3.84. The molecule has 4 aromatic rings. The monoisotopic (exact) mass is 897 g/mol. The van der Waals surface area contributed by atoms with Crippen molar-refractivity contribution in [3.05, 3.63) is 95.6 Å². The molecule has 0 bridgehead atoms. The summed E-state index contributed by atoms with van der Waals surface area (Å²) in [5, 5.41) is 7.18. The smallest absolute Gasteiger partial charge is 0.338 e. The Labute approximate surface area is 390 Å². The lowest BCUT2D eigenvalue weighted by Gasteiger charge is -2.25. The third kappa shape index (κ3) is 21.7.